The standard InChI is InChI=1S/C18H18F3NO2/c1-3-16(24-15-9-4-6-12(2)10-15)17(23)22-14-8-5-7-13(11-14)18(19,20)21/h4-11,16H,3H2,1-2H3,(H,22,23)/t16-/m1/s1. The average Bonchev–Trinajstić information content (AvgIpc) is 2.52. The third-order valence-electron chi connectivity index (χ3n) is 3.39. The predicted molar refractivity (Wildman–Crippen MR) is 86.0 cm³/mol. The fourth-order valence-electron chi connectivity index (χ4n) is 2.17. The van der Waals surface area contributed by atoms with E-state index in [4.69, 9.17) is 4.74 Å². The fraction of sp³-hybridized carbons (Fsp3) is 0.278. The minimum atomic E-state index is -4.46. The van der Waals surface area contributed by atoms with Crippen molar-refractivity contribution < 1.29 is 22.7 Å². The van der Waals surface area contributed by atoms with Gasteiger partial charge in [-0.3, -0.25) is 4.79 Å². The van der Waals surface area contributed by atoms with Gasteiger partial charge >= 0.3 is 6.18 Å². The highest BCUT2D eigenvalue weighted by Gasteiger charge is 2.30. The van der Waals surface area contributed by atoms with Crippen molar-refractivity contribution in [2.24, 2.45) is 0 Å². The van der Waals surface area contributed by atoms with E-state index in [0.29, 0.717) is 12.2 Å². The van der Waals surface area contributed by atoms with Crippen LogP contribution in [0.1, 0.15) is 24.5 Å². The molecule has 1 atom stereocenters. The molecular weight excluding hydrogens is 319 g/mol. The maximum Gasteiger partial charge on any atom is 0.416 e. The zero-order chi connectivity index (χ0) is 17.7. The van der Waals surface area contributed by atoms with E-state index in [1.165, 1.54) is 12.1 Å². The van der Waals surface area contributed by atoms with Crippen LogP contribution in [0.4, 0.5) is 18.9 Å². The van der Waals surface area contributed by atoms with Gasteiger partial charge in [-0.25, -0.2) is 0 Å². The summed E-state index contributed by atoms with van der Waals surface area (Å²) < 4.78 is 43.8. The molecule has 0 aliphatic heterocycles. The lowest BCUT2D eigenvalue weighted by Gasteiger charge is -2.18. The van der Waals surface area contributed by atoms with Crippen LogP contribution in [0.2, 0.25) is 0 Å². The number of benzene rings is 2. The van der Waals surface area contributed by atoms with E-state index < -0.39 is 23.8 Å². The van der Waals surface area contributed by atoms with Crippen molar-refractivity contribution in [3.63, 3.8) is 0 Å². The summed E-state index contributed by atoms with van der Waals surface area (Å²) in [6, 6.07) is 11.7. The monoisotopic (exact) mass is 337 g/mol. The van der Waals surface area contributed by atoms with E-state index in [2.05, 4.69) is 5.32 Å². The second kappa shape index (κ2) is 7.38. The number of amides is 1. The van der Waals surface area contributed by atoms with Crippen LogP contribution in [-0.2, 0) is 11.0 Å². The summed E-state index contributed by atoms with van der Waals surface area (Å²) in [7, 11) is 0. The first-order valence-corrected chi connectivity index (χ1v) is 7.51. The molecular formula is C18H18F3NO2. The van der Waals surface area contributed by atoms with E-state index in [9.17, 15) is 18.0 Å². The Morgan fingerprint density at radius 1 is 1.17 bits per heavy atom. The topological polar surface area (TPSA) is 38.3 Å². The normalized spacial score (nSPS) is 12.5. The van der Waals surface area contributed by atoms with Crippen LogP contribution in [0.25, 0.3) is 0 Å². The largest absolute Gasteiger partial charge is 0.481 e. The Bertz CT molecular complexity index is 713. The van der Waals surface area contributed by atoms with Crippen molar-refractivity contribution >= 4 is 11.6 Å². The summed E-state index contributed by atoms with van der Waals surface area (Å²) in [6.45, 7) is 3.67. The molecule has 0 unspecified atom stereocenters. The third kappa shape index (κ3) is 4.75. The highest BCUT2D eigenvalue weighted by atomic mass is 19.4. The molecule has 1 N–H and O–H groups in total. The molecule has 3 nitrogen and oxygen atoms in total. The van der Waals surface area contributed by atoms with Gasteiger partial charge in [-0.05, 0) is 49.2 Å². The summed E-state index contributed by atoms with van der Waals surface area (Å²) in [5.41, 5.74) is 0.259. The number of hydrogen-bond donors (Lipinski definition) is 1. The van der Waals surface area contributed by atoms with E-state index in [1.54, 1.807) is 19.1 Å². The number of alkyl halides is 3. The molecule has 0 saturated carbocycles. The molecule has 0 fully saturated rings. The van der Waals surface area contributed by atoms with Crippen LogP contribution in [0, 0.1) is 6.92 Å². The quantitative estimate of drug-likeness (QED) is 0.850. The van der Waals surface area contributed by atoms with Crippen molar-refractivity contribution in [3.05, 3.63) is 59.7 Å². The second-order valence-corrected chi connectivity index (χ2v) is 5.40. The first-order valence-electron chi connectivity index (χ1n) is 7.51. The Morgan fingerprint density at radius 3 is 2.50 bits per heavy atom. The summed E-state index contributed by atoms with van der Waals surface area (Å²) in [5, 5.41) is 2.48. The molecule has 0 spiro atoms. The highest BCUT2D eigenvalue weighted by molar-refractivity contribution is 5.94. The molecule has 6 heteroatoms. The fourth-order valence-corrected chi connectivity index (χ4v) is 2.17. The number of hydrogen-bond acceptors (Lipinski definition) is 2. The van der Waals surface area contributed by atoms with Crippen LogP contribution >= 0.6 is 0 Å². The molecule has 0 aromatic heterocycles. The molecule has 0 aliphatic rings. The third-order valence-corrected chi connectivity index (χ3v) is 3.39. The number of rotatable bonds is 5. The van der Waals surface area contributed by atoms with Crippen LogP contribution in [-0.4, -0.2) is 12.0 Å². The van der Waals surface area contributed by atoms with E-state index in [-0.39, 0.29) is 5.69 Å². The number of anilines is 1. The summed E-state index contributed by atoms with van der Waals surface area (Å²) >= 11 is 0. The maximum atomic E-state index is 12.7. The predicted octanol–water partition coefficient (Wildman–Crippen LogP) is 4.81. The Morgan fingerprint density at radius 2 is 1.88 bits per heavy atom. The maximum absolute atomic E-state index is 12.7. The van der Waals surface area contributed by atoms with Gasteiger partial charge in [0.05, 0.1) is 5.56 Å². The van der Waals surface area contributed by atoms with Crippen molar-refractivity contribution in [2.75, 3.05) is 5.32 Å². The minimum Gasteiger partial charge on any atom is -0.481 e. The lowest BCUT2D eigenvalue weighted by Crippen LogP contribution is -2.32. The van der Waals surface area contributed by atoms with Crippen LogP contribution < -0.4 is 10.1 Å². The molecule has 2 aromatic carbocycles. The molecule has 128 valence electrons. The number of halogens is 3. The van der Waals surface area contributed by atoms with Gasteiger partial charge < -0.3 is 10.1 Å². The SMILES string of the molecule is CC[C@@H](Oc1cccc(C)c1)C(=O)Nc1cccc(C(F)(F)F)c1. The Balaban J connectivity index is 2.09. The lowest BCUT2D eigenvalue weighted by molar-refractivity contribution is -0.137. The molecule has 0 heterocycles. The van der Waals surface area contributed by atoms with Crippen LogP contribution in [0.3, 0.4) is 0 Å². The van der Waals surface area contributed by atoms with Gasteiger partial charge in [-0.2, -0.15) is 13.2 Å². The lowest BCUT2D eigenvalue weighted by atomic mass is 10.2. The summed E-state index contributed by atoms with van der Waals surface area (Å²) in [5.74, 6) is 0.0550. The van der Waals surface area contributed by atoms with E-state index in [0.717, 1.165) is 17.7 Å². The molecule has 2 aromatic rings. The minimum absolute atomic E-state index is 0.0844. The van der Waals surface area contributed by atoms with Crippen molar-refractivity contribution in [2.45, 2.75) is 32.5 Å². The molecule has 2 rings (SSSR count). The molecule has 0 bridgehead atoms. The molecule has 0 saturated heterocycles. The Labute approximate surface area is 138 Å². The second-order valence-electron chi connectivity index (χ2n) is 5.40. The van der Waals surface area contributed by atoms with Crippen LogP contribution in [0.5, 0.6) is 5.75 Å². The molecule has 24 heavy (non-hydrogen) atoms. The summed E-state index contributed by atoms with van der Waals surface area (Å²) in [6.07, 6.45) is -4.86. The number of ether oxygens (including phenoxy) is 1. The Kier molecular flexibility index (Phi) is 5.49. The smallest absolute Gasteiger partial charge is 0.416 e. The average molecular weight is 337 g/mol. The van der Waals surface area contributed by atoms with Crippen molar-refractivity contribution in [3.8, 4) is 5.75 Å². The van der Waals surface area contributed by atoms with Crippen molar-refractivity contribution in [1.82, 2.24) is 0 Å². The number of aryl methyl sites for hydroxylation is 1. The van der Waals surface area contributed by atoms with Gasteiger partial charge in [0.25, 0.3) is 5.91 Å². The van der Waals surface area contributed by atoms with Gasteiger partial charge in [0.2, 0.25) is 0 Å². The van der Waals surface area contributed by atoms with Gasteiger partial charge in [0, 0.05) is 5.69 Å². The summed E-state index contributed by atoms with van der Waals surface area (Å²) in [4.78, 5) is 12.3. The molecule has 0 aliphatic carbocycles. The van der Waals surface area contributed by atoms with Gasteiger partial charge in [-0.1, -0.05) is 25.1 Å². The van der Waals surface area contributed by atoms with Crippen molar-refractivity contribution in [1.29, 1.82) is 0 Å². The Hall–Kier alpha value is -2.50. The van der Waals surface area contributed by atoms with Gasteiger partial charge in [-0.15, -0.1) is 0 Å². The first-order chi connectivity index (χ1) is 11.3. The van der Waals surface area contributed by atoms with Gasteiger partial charge in [0.15, 0.2) is 6.10 Å². The molecule has 0 radical (unpaired) electrons. The highest BCUT2D eigenvalue weighted by Crippen LogP contribution is 2.30. The van der Waals surface area contributed by atoms with Crippen LogP contribution in [0.15, 0.2) is 48.5 Å². The zero-order valence-corrected chi connectivity index (χ0v) is 13.4. The molecule has 1 amide bonds. The van der Waals surface area contributed by atoms with E-state index in [1.807, 2.05) is 19.1 Å². The first kappa shape index (κ1) is 17.8. The zero-order valence-electron chi connectivity index (χ0n) is 13.4. The number of carbonyl (C=O) groups is 1. The van der Waals surface area contributed by atoms with E-state index >= 15 is 0 Å². The number of carbonyl (C=O) groups excluding carboxylic acids is 1. The van der Waals surface area contributed by atoms with Gasteiger partial charge in [0.1, 0.15) is 5.75 Å². The number of nitrogens with one attached hydrogen (secondary N) is 1.